The van der Waals surface area contributed by atoms with E-state index < -0.39 is 5.60 Å². The molecule has 17 heavy (non-hydrogen) atoms. The van der Waals surface area contributed by atoms with Gasteiger partial charge in [-0.1, -0.05) is 37.3 Å². The molecule has 3 nitrogen and oxygen atoms in total. The smallest absolute Gasteiger partial charge is 0.228 e. The average molecular weight is 233 g/mol. The van der Waals surface area contributed by atoms with Gasteiger partial charge in [0.25, 0.3) is 0 Å². The summed E-state index contributed by atoms with van der Waals surface area (Å²) in [5.74, 6) is -0.252. The van der Waals surface area contributed by atoms with E-state index in [4.69, 9.17) is 0 Å². The highest BCUT2D eigenvalue weighted by Gasteiger charge is 2.45. The molecular formula is C14H19NO2. The first-order valence-electron chi connectivity index (χ1n) is 6.12. The minimum Gasteiger partial charge on any atom is -0.384 e. The van der Waals surface area contributed by atoms with Crippen LogP contribution in [0.25, 0.3) is 0 Å². The molecule has 2 atom stereocenters. The van der Waals surface area contributed by atoms with Gasteiger partial charge in [-0.3, -0.25) is 4.79 Å². The summed E-state index contributed by atoms with van der Waals surface area (Å²) < 4.78 is 0. The SMILES string of the molecule is CC[C@@](O)(c1ccccc1)[C@@H]1CCN(C)C1=O. The number of nitrogens with zero attached hydrogens (tertiary/aromatic N) is 1. The fraction of sp³-hybridized carbons (Fsp3) is 0.500. The second-order valence-electron chi connectivity index (χ2n) is 4.74. The van der Waals surface area contributed by atoms with Crippen LogP contribution in [0.2, 0.25) is 0 Å². The van der Waals surface area contributed by atoms with Crippen LogP contribution in [0.3, 0.4) is 0 Å². The van der Waals surface area contributed by atoms with Crippen molar-refractivity contribution in [3.8, 4) is 0 Å². The van der Waals surface area contributed by atoms with Crippen LogP contribution in [0, 0.1) is 5.92 Å². The summed E-state index contributed by atoms with van der Waals surface area (Å²) in [4.78, 5) is 13.8. The van der Waals surface area contributed by atoms with Gasteiger partial charge in [0.1, 0.15) is 5.60 Å². The molecule has 1 amide bonds. The fourth-order valence-corrected chi connectivity index (χ4v) is 2.64. The molecule has 0 radical (unpaired) electrons. The van der Waals surface area contributed by atoms with Crippen molar-refractivity contribution in [3.63, 3.8) is 0 Å². The number of likely N-dealkylation sites (tertiary alicyclic amines) is 1. The van der Waals surface area contributed by atoms with Gasteiger partial charge in [0.15, 0.2) is 0 Å². The molecule has 0 aliphatic carbocycles. The number of carbonyl (C=O) groups is 1. The van der Waals surface area contributed by atoms with Gasteiger partial charge in [-0.05, 0) is 18.4 Å². The predicted molar refractivity (Wildman–Crippen MR) is 66.4 cm³/mol. The zero-order valence-electron chi connectivity index (χ0n) is 10.4. The molecule has 1 saturated heterocycles. The van der Waals surface area contributed by atoms with E-state index >= 15 is 0 Å². The van der Waals surface area contributed by atoms with E-state index in [2.05, 4.69) is 0 Å². The molecule has 2 rings (SSSR count). The van der Waals surface area contributed by atoms with Crippen molar-refractivity contribution in [1.29, 1.82) is 0 Å². The van der Waals surface area contributed by atoms with Crippen LogP contribution in [-0.4, -0.2) is 29.5 Å². The molecule has 92 valence electrons. The zero-order chi connectivity index (χ0) is 12.5. The van der Waals surface area contributed by atoms with Crippen molar-refractivity contribution in [3.05, 3.63) is 35.9 Å². The van der Waals surface area contributed by atoms with Crippen molar-refractivity contribution < 1.29 is 9.90 Å². The molecule has 0 saturated carbocycles. The monoisotopic (exact) mass is 233 g/mol. The Labute approximate surface area is 102 Å². The maximum atomic E-state index is 12.1. The third-order valence-electron chi connectivity index (χ3n) is 3.82. The summed E-state index contributed by atoms with van der Waals surface area (Å²) in [6.07, 6.45) is 1.29. The highest BCUT2D eigenvalue weighted by molar-refractivity contribution is 5.82. The van der Waals surface area contributed by atoms with E-state index in [-0.39, 0.29) is 11.8 Å². The Morgan fingerprint density at radius 3 is 2.53 bits per heavy atom. The Balaban J connectivity index is 2.35. The molecule has 0 unspecified atom stereocenters. The van der Waals surface area contributed by atoms with E-state index in [0.29, 0.717) is 6.42 Å². The molecule has 1 heterocycles. The summed E-state index contributed by atoms with van der Waals surface area (Å²) in [6.45, 7) is 2.66. The summed E-state index contributed by atoms with van der Waals surface area (Å²) in [5.41, 5.74) is -0.181. The van der Waals surface area contributed by atoms with Gasteiger partial charge in [-0.25, -0.2) is 0 Å². The lowest BCUT2D eigenvalue weighted by molar-refractivity contribution is -0.139. The van der Waals surface area contributed by atoms with E-state index in [9.17, 15) is 9.90 Å². The number of amides is 1. The number of aliphatic hydroxyl groups is 1. The van der Waals surface area contributed by atoms with Crippen LogP contribution in [0.5, 0.6) is 0 Å². The third kappa shape index (κ3) is 1.95. The molecule has 1 aromatic carbocycles. The van der Waals surface area contributed by atoms with Crippen molar-refractivity contribution >= 4 is 5.91 Å². The minimum atomic E-state index is -1.02. The molecule has 1 aromatic rings. The first-order chi connectivity index (χ1) is 8.09. The molecule has 1 aliphatic heterocycles. The Morgan fingerprint density at radius 1 is 1.41 bits per heavy atom. The van der Waals surface area contributed by atoms with Crippen LogP contribution in [0.1, 0.15) is 25.3 Å². The highest BCUT2D eigenvalue weighted by Crippen LogP contribution is 2.38. The Morgan fingerprint density at radius 2 is 2.06 bits per heavy atom. The lowest BCUT2D eigenvalue weighted by Gasteiger charge is -2.32. The second-order valence-corrected chi connectivity index (χ2v) is 4.74. The number of rotatable bonds is 3. The average Bonchev–Trinajstić information content (AvgIpc) is 2.71. The highest BCUT2D eigenvalue weighted by atomic mass is 16.3. The third-order valence-corrected chi connectivity index (χ3v) is 3.82. The number of hydrogen-bond acceptors (Lipinski definition) is 2. The zero-order valence-corrected chi connectivity index (χ0v) is 10.4. The van der Waals surface area contributed by atoms with E-state index in [1.807, 2.05) is 37.3 Å². The fourth-order valence-electron chi connectivity index (χ4n) is 2.64. The normalized spacial score (nSPS) is 23.8. The maximum absolute atomic E-state index is 12.1. The van der Waals surface area contributed by atoms with Crippen LogP contribution in [0.15, 0.2) is 30.3 Å². The van der Waals surface area contributed by atoms with Gasteiger partial charge in [0.05, 0.1) is 5.92 Å². The first kappa shape index (κ1) is 12.1. The number of carbonyl (C=O) groups excluding carboxylic acids is 1. The Bertz CT molecular complexity index is 404. The number of benzene rings is 1. The van der Waals surface area contributed by atoms with E-state index in [1.54, 1.807) is 11.9 Å². The maximum Gasteiger partial charge on any atom is 0.228 e. The second kappa shape index (κ2) is 4.49. The van der Waals surface area contributed by atoms with Gasteiger partial charge in [0, 0.05) is 13.6 Å². The molecule has 1 N–H and O–H groups in total. The quantitative estimate of drug-likeness (QED) is 0.864. The van der Waals surface area contributed by atoms with Crippen LogP contribution in [0.4, 0.5) is 0 Å². The van der Waals surface area contributed by atoms with Crippen molar-refractivity contribution in [2.45, 2.75) is 25.4 Å². The predicted octanol–water partition coefficient (Wildman–Crippen LogP) is 1.76. The van der Waals surface area contributed by atoms with Gasteiger partial charge in [-0.2, -0.15) is 0 Å². The lowest BCUT2D eigenvalue weighted by Crippen LogP contribution is -2.39. The summed E-state index contributed by atoms with van der Waals surface area (Å²) in [5, 5.41) is 10.8. The van der Waals surface area contributed by atoms with Crippen LogP contribution >= 0.6 is 0 Å². The Kier molecular flexibility index (Phi) is 3.20. The van der Waals surface area contributed by atoms with Gasteiger partial charge in [-0.15, -0.1) is 0 Å². The van der Waals surface area contributed by atoms with Crippen LogP contribution in [-0.2, 0) is 10.4 Å². The van der Waals surface area contributed by atoms with Gasteiger partial charge < -0.3 is 10.0 Å². The summed E-state index contributed by atoms with van der Waals surface area (Å²) >= 11 is 0. The van der Waals surface area contributed by atoms with E-state index in [1.165, 1.54) is 0 Å². The van der Waals surface area contributed by atoms with Gasteiger partial charge in [0.2, 0.25) is 5.91 Å². The largest absolute Gasteiger partial charge is 0.384 e. The molecule has 0 bridgehead atoms. The molecule has 1 fully saturated rings. The van der Waals surface area contributed by atoms with Crippen LogP contribution < -0.4 is 0 Å². The topological polar surface area (TPSA) is 40.5 Å². The summed E-state index contributed by atoms with van der Waals surface area (Å²) in [7, 11) is 1.80. The van der Waals surface area contributed by atoms with Crippen molar-refractivity contribution in [1.82, 2.24) is 4.90 Å². The summed E-state index contributed by atoms with van der Waals surface area (Å²) in [6, 6.07) is 9.52. The van der Waals surface area contributed by atoms with E-state index in [0.717, 1.165) is 18.5 Å². The minimum absolute atomic E-state index is 0.0539. The first-order valence-corrected chi connectivity index (χ1v) is 6.12. The van der Waals surface area contributed by atoms with Crippen molar-refractivity contribution in [2.24, 2.45) is 5.92 Å². The number of hydrogen-bond donors (Lipinski definition) is 1. The van der Waals surface area contributed by atoms with Crippen molar-refractivity contribution in [2.75, 3.05) is 13.6 Å². The molecule has 1 aliphatic rings. The molecule has 3 heteroatoms. The Hall–Kier alpha value is -1.35. The van der Waals surface area contributed by atoms with Gasteiger partial charge >= 0.3 is 0 Å². The molecular weight excluding hydrogens is 214 g/mol. The lowest BCUT2D eigenvalue weighted by atomic mass is 9.78. The standard InChI is InChI=1S/C14H19NO2/c1-3-14(17,11-7-5-4-6-8-11)12-9-10-15(2)13(12)16/h4-8,12,17H,3,9-10H2,1-2H3/t12-,14-/m1/s1. The molecule has 0 aromatic heterocycles. The molecule has 0 spiro atoms.